The van der Waals surface area contributed by atoms with E-state index in [1.807, 2.05) is 73.9 Å². The molecule has 382 valence electrons. The van der Waals surface area contributed by atoms with Gasteiger partial charge in [0.1, 0.15) is 46.6 Å². The number of nitrogens with zero attached hydrogens (tertiary/aromatic N) is 6. The van der Waals surface area contributed by atoms with Gasteiger partial charge in [-0.05, 0) is 80.5 Å². The Bertz CT molecular complexity index is 3100. The van der Waals surface area contributed by atoms with Crippen molar-refractivity contribution in [1.29, 1.82) is 0 Å². The Morgan fingerprint density at radius 3 is 2.32 bits per heavy atom. The molecule has 6 aromatic rings. The topological polar surface area (TPSA) is 193 Å². The summed E-state index contributed by atoms with van der Waals surface area (Å²) < 4.78 is 23.7. The van der Waals surface area contributed by atoms with E-state index in [1.54, 1.807) is 55.0 Å². The van der Waals surface area contributed by atoms with Crippen LogP contribution in [-0.2, 0) is 25.6 Å². The van der Waals surface area contributed by atoms with Crippen LogP contribution in [0, 0.1) is 38.9 Å². The van der Waals surface area contributed by atoms with Crippen LogP contribution in [0.3, 0.4) is 0 Å². The number of hydrogen-bond donors (Lipinski definition) is 4. The minimum atomic E-state index is -1.09. The van der Waals surface area contributed by atoms with Gasteiger partial charge in [0, 0.05) is 58.9 Å². The lowest BCUT2D eigenvalue weighted by atomic mass is 9.85. The molecule has 4 amide bonds. The Kier molecular flexibility index (Phi) is 14.7. The van der Waals surface area contributed by atoms with E-state index in [1.165, 1.54) is 17.0 Å². The summed E-state index contributed by atoms with van der Waals surface area (Å²) >= 11 is 9.46. The molecule has 1 saturated carbocycles. The Balaban J connectivity index is 0.781. The molecule has 5 atom stereocenters. The van der Waals surface area contributed by atoms with E-state index < -0.39 is 59.2 Å². The Labute approximate surface area is 436 Å². The number of aliphatic hydroxyl groups is 1. The number of thiophene rings is 1. The number of aromatic nitrogens is 4. The van der Waals surface area contributed by atoms with Crippen LogP contribution in [-0.4, -0.2) is 96.0 Å². The highest BCUT2D eigenvalue weighted by atomic mass is 35.5. The monoisotopic (exact) mass is 1050 g/mol. The first-order valence-electron chi connectivity index (χ1n) is 24.4. The average Bonchev–Trinajstić information content (AvgIpc) is 4.10. The largest absolute Gasteiger partial charge is 0.490 e. The van der Waals surface area contributed by atoms with Gasteiger partial charge in [0.2, 0.25) is 23.6 Å². The van der Waals surface area contributed by atoms with Crippen LogP contribution in [0.5, 0.6) is 5.75 Å². The fraction of sp³-hybridized carbons (Fsp3) is 0.407. The van der Waals surface area contributed by atoms with E-state index in [0.29, 0.717) is 29.5 Å². The molecule has 5 heterocycles. The van der Waals surface area contributed by atoms with Gasteiger partial charge >= 0.3 is 0 Å². The molecule has 73 heavy (non-hydrogen) atoms. The Hall–Kier alpha value is -6.34. The molecule has 19 heteroatoms. The molecule has 0 radical (unpaired) electrons. The molecule has 0 unspecified atom stereocenters. The first kappa shape index (κ1) is 51.6. The summed E-state index contributed by atoms with van der Waals surface area (Å²) in [6.07, 6.45) is -0.475. The molecular formula is C54H59ClFN9O6S2. The normalized spacial score (nSPS) is 20.2. The number of aryl methyl sites for hydroxylation is 3. The summed E-state index contributed by atoms with van der Waals surface area (Å²) in [5.74, 6) is -0.798. The van der Waals surface area contributed by atoms with Gasteiger partial charge in [0.05, 0.1) is 46.8 Å². The quantitative estimate of drug-likeness (QED) is 0.0829. The molecule has 15 nitrogen and oxygen atoms in total. The molecule has 1 saturated heterocycles. The number of β-amino-alcohol motifs (C(OH)–C–C–N with tert-alkyl or cyclic N) is 1. The number of carbonyl (C=O) groups is 4. The van der Waals surface area contributed by atoms with Crippen molar-refractivity contribution in [3.8, 4) is 21.2 Å². The third-order valence-electron chi connectivity index (χ3n) is 13.9. The fourth-order valence-electron chi connectivity index (χ4n) is 9.71. The number of rotatable bonds is 14. The second-order valence-electron chi connectivity index (χ2n) is 20.4. The maximum atomic E-state index is 15.6. The van der Waals surface area contributed by atoms with E-state index in [0.717, 1.165) is 54.0 Å². The van der Waals surface area contributed by atoms with Crippen LogP contribution in [0.2, 0.25) is 5.02 Å². The van der Waals surface area contributed by atoms with Gasteiger partial charge in [-0.15, -0.1) is 32.9 Å². The number of hydrogen-bond acceptors (Lipinski definition) is 12. The lowest BCUT2D eigenvalue weighted by molar-refractivity contribution is -0.144. The zero-order valence-corrected chi connectivity index (χ0v) is 44.3. The first-order chi connectivity index (χ1) is 34.7. The minimum Gasteiger partial charge on any atom is -0.490 e. The molecule has 9 rings (SSSR count). The second kappa shape index (κ2) is 20.9. The van der Waals surface area contributed by atoms with E-state index in [4.69, 9.17) is 21.3 Å². The molecule has 3 aromatic carbocycles. The predicted octanol–water partition coefficient (Wildman–Crippen LogP) is 8.40. The molecule has 2 aliphatic heterocycles. The van der Waals surface area contributed by atoms with Crippen LogP contribution in [0.4, 0.5) is 4.39 Å². The first-order valence-corrected chi connectivity index (χ1v) is 26.5. The number of fused-ring (bicyclic) bond motifs is 3. The lowest BCUT2D eigenvalue weighted by Gasteiger charge is -2.36. The van der Waals surface area contributed by atoms with E-state index in [9.17, 15) is 24.3 Å². The molecule has 0 bridgehead atoms. The molecule has 3 aromatic heterocycles. The predicted molar refractivity (Wildman–Crippen MR) is 280 cm³/mol. The van der Waals surface area contributed by atoms with Crippen molar-refractivity contribution in [3.63, 3.8) is 0 Å². The fourth-order valence-corrected chi connectivity index (χ4v) is 11.9. The Morgan fingerprint density at radius 1 is 0.932 bits per heavy atom. The summed E-state index contributed by atoms with van der Waals surface area (Å²) in [7, 11) is 0. The highest BCUT2D eigenvalue weighted by molar-refractivity contribution is 7.15. The van der Waals surface area contributed by atoms with Crippen LogP contribution < -0.4 is 20.7 Å². The molecule has 0 spiro atoms. The summed E-state index contributed by atoms with van der Waals surface area (Å²) in [6.45, 7) is 15.2. The zero-order valence-electron chi connectivity index (χ0n) is 42.0. The molecular weight excluding hydrogens is 989 g/mol. The van der Waals surface area contributed by atoms with Crippen molar-refractivity contribution < 1.29 is 33.4 Å². The number of amides is 4. The lowest BCUT2D eigenvalue weighted by Crippen LogP contribution is -2.58. The molecule has 2 fully saturated rings. The van der Waals surface area contributed by atoms with Gasteiger partial charge in [-0.2, -0.15) is 0 Å². The van der Waals surface area contributed by atoms with Crippen molar-refractivity contribution in [3.05, 3.63) is 133 Å². The van der Waals surface area contributed by atoms with E-state index >= 15 is 4.39 Å². The minimum absolute atomic E-state index is 0.0408. The van der Waals surface area contributed by atoms with Crippen molar-refractivity contribution in [2.24, 2.45) is 10.4 Å². The highest BCUT2D eigenvalue weighted by Gasteiger charge is 2.45. The number of halogens is 2. The summed E-state index contributed by atoms with van der Waals surface area (Å²) in [6, 6.07) is 16.5. The Morgan fingerprint density at radius 2 is 1.64 bits per heavy atom. The maximum Gasteiger partial charge on any atom is 0.246 e. The highest BCUT2D eigenvalue weighted by Crippen LogP contribution is 2.40. The van der Waals surface area contributed by atoms with Gasteiger partial charge in [0.15, 0.2) is 5.82 Å². The van der Waals surface area contributed by atoms with Crippen molar-refractivity contribution in [1.82, 2.24) is 40.6 Å². The number of thiazole rings is 1. The third-order valence-corrected chi connectivity index (χ3v) is 16.4. The standard InChI is InChI=1S/C54H59ClFN9O6S2/c1-27-30(4)73-53-46(27)47(33-13-16-36(55)17-14-33)60-42(50-63-62-31(5)65(50)53)24-45(68)59-37-20-40(21-37)71-39-18-15-35(41(56)23-39)19-44(67)61-49(54(6,7)8)52(70)64-25-38(66)22-43(64)51(69)58-28(2)32-9-11-34(12-10-32)48-29(3)57-26-72-48/h9-18,23,26,28,37-38,40,42-43,49,66H,19-22,24-25H2,1-8H3,(H,58,69)(H,59,68)(H,61,67)/t28-,37-,38+,40-,42-,43-,49+/m0/s1. The van der Waals surface area contributed by atoms with Crippen LogP contribution >= 0.6 is 34.3 Å². The van der Waals surface area contributed by atoms with Crippen molar-refractivity contribution >= 4 is 63.6 Å². The number of nitrogens with one attached hydrogen (secondary N) is 3. The summed E-state index contributed by atoms with van der Waals surface area (Å²) in [5.41, 5.74) is 7.67. The van der Waals surface area contributed by atoms with E-state index in [-0.39, 0.29) is 55.2 Å². The summed E-state index contributed by atoms with van der Waals surface area (Å²) in [5, 5.41) is 30.1. The second-order valence-corrected chi connectivity index (χ2v) is 22.9. The molecule has 3 aliphatic rings. The molecule has 1 aliphatic carbocycles. The zero-order chi connectivity index (χ0) is 52.0. The number of aliphatic hydroxyl groups excluding tert-OH is 1. The van der Waals surface area contributed by atoms with Crippen molar-refractivity contribution in [2.45, 2.75) is 130 Å². The molecule has 4 N–H and O–H groups in total. The van der Waals surface area contributed by atoms with Gasteiger partial charge < -0.3 is 30.7 Å². The van der Waals surface area contributed by atoms with Crippen LogP contribution in [0.15, 0.2) is 77.2 Å². The number of benzene rings is 3. The van der Waals surface area contributed by atoms with Gasteiger partial charge in [0.25, 0.3) is 0 Å². The third kappa shape index (κ3) is 11.0. The summed E-state index contributed by atoms with van der Waals surface area (Å²) in [4.78, 5) is 68.3. The maximum absolute atomic E-state index is 15.6. The number of aliphatic imine (C=N–C) groups is 1. The smallest absolute Gasteiger partial charge is 0.246 e. The average molecular weight is 1050 g/mol. The van der Waals surface area contributed by atoms with Crippen LogP contribution in [0.1, 0.15) is 115 Å². The SMILES string of the molecule is Cc1ncsc1-c1ccc([C@H](C)NC(=O)[C@@H]2C[C@@H](O)CN2C(=O)[C@@H](NC(=O)Cc2ccc(O[C@H]3C[C@H](NC(=O)C[C@@H]4N=C(c5ccc(Cl)cc5)c5c(sc(C)c5C)-n5c(C)nnc54)C3)cc2F)C(C)(C)C)cc1. The van der Waals surface area contributed by atoms with Gasteiger partial charge in [-0.25, -0.2) is 9.37 Å². The van der Waals surface area contributed by atoms with Gasteiger partial charge in [-0.1, -0.05) is 74.8 Å². The number of ether oxygens (including phenoxy) is 1. The number of likely N-dealkylation sites (tertiary alicyclic amines) is 1. The van der Waals surface area contributed by atoms with E-state index in [2.05, 4.69) is 45.0 Å². The van der Waals surface area contributed by atoms with Crippen LogP contribution in [0.25, 0.3) is 15.4 Å². The number of carbonyl (C=O) groups excluding carboxylic acids is 4. The van der Waals surface area contributed by atoms with Crippen molar-refractivity contribution in [2.75, 3.05) is 6.54 Å². The van der Waals surface area contributed by atoms with Gasteiger partial charge in [-0.3, -0.25) is 28.7 Å².